The summed E-state index contributed by atoms with van der Waals surface area (Å²) in [5.41, 5.74) is 0.589. The van der Waals surface area contributed by atoms with Crippen molar-refractivity contribution in [1.82, 2.24) is 4.98 Å². The number of hydrogen-bond donors (Lipinski definition) is 2. The predicted octanol–water partition coefficient (Wildman–Crippen LogP) is 5.80. The normalized spacial score (nSPS) is 11.5. The van der Waals surface area contributed by atoms with E-state index in [-0.39, 0.29) is 21.3 Å². The van der Waals surface area contributed by atoms with E-state index in [2.05, 4.69) is 15.0 Å². The van der Waals surface area contributed by atoms with Crippen molar-refractivity contribution < 1.29 is 17.6 Å². The molecule has 31 heavy (non-hydrogen) atoms. The van der Waals surface area contributed by atoms with Gasteiger partial charge in [0.15, 0.2) is 5.13 Å². The molecule has 0 aliphatic carbocycles. The lowest BCUT2D eigenvalue weighted by Crippen LogP contribution is -2.18. The van der Waals surface area contributed by atoms with E-state index in [1.54, 1.807) is 24.3 Å². The molecule has 0 spiro atoms. The van der Waals surface area contributed by atoms with Gasteiger partial charge in [0, 0.05) is 0 Å². The number of amides is 1. The van der Waals surface area contributed by atoms with Crippen molar-refractivity contribution in [2.75, 3.05) is 10.0 Å². The van der Waals surface area contributed by atoms with E-state index < -0.39 is 21.7 Å². The lowest BCUT2D eigenvalue weighted by atomic mass is 10.2. The number of anilines is 2. The van der Waals surface area contributed by atoms with Crippen LogP contribution < -0.4 is 10.0 Å². The van der Waals surface area contributed by atoms with Gasteiger partial charge < -0.3 is 0 Å². The van der Waals surface area contributed by atoms with Crippen molar-refractivity contribution in [2.24, 2.45) is 0 Å². The van der Waals surface area contributed by atoms with E-state index in [1.807, 2.05) is 0 Å². The minimum atomic E-state index is -4.04. The number of fused-ring (bicyclic) bond motifs is 1. The maximum atomic E-state index is 13.1. The van der Waals surface area contributed by atoms with Gasteiger partial charge in [-0.3, -0.25) is 14.8 Å². The van der Waals surface area contributed by atoms with Crippen molar-refractivity contribution in [3.05, 3.63) is 82.1 Å². The molecule has 0 bridgehead atoms. The number of nitrogens with zero attached hydrogens (tertiary/aromatic N) is 1. The molecule has 0 saturated carbocycles. The molecular weight excluding hydrogens is 484 g/mol. The first-order chi connectivity index (χ1) is 14.7. The Hall–Kier alpha value is -2.72. The number of carbonyl (C=O) groups excluding carboxylic acids is 1. The average Bonchev–Trinajstić information content (AvgIpc) is 3.16. The van der Waals surface area contributed by atoms with Crippen molar-refractivity contribution in [3.63, 3.8) is 0 Å². The quantitative estimate of drug-likeness (QED) is 0.366. The summed E-state index contributed by atoms with van der Waals surface area (Å²) < 4.78 is 41.4. The van der Waals surface area contributed by atoms with Crippen molar-refractivity contribution >= 4 is 71.5 Å². The maximum absolute atomic E-state index is 13.1. The molecule has 0 atom stereocenters. The third kappa shape index (κ3) is 4.49. The van der Waals surface area contributed by atoms with E-state index in [9.17, 15) is 17.6 Å². The van der Waals surface area contributed by atoms with Crippen LogP contribution in [0.4, 0.5) is 15.2 Å². The van der Waals surface area contributed by atoms with Crippen molar-refractivity contribution in [2.45, 2.75) is 4.90 Å². The smallest absolute Gasteiger partial charge is 0.261 e. The SMILES string of the molecule is O=C(Nc1nc2c(Cl)ccc(Cl)c2s1)c1ccccc1NS(=O)(=O)c1ccc(F)cc1. The number of para-hydroxylation sites is 1. The highest BCUT2D eigenvalue weighted by molar-refractivity contribution is 7.92. The number of rotatable bonds is 5. The third-order valence-electron chi connectivity index (χ3n) is 4.21. The van der Waals surface area contributed by atoms with E-state index >= 15 is 0 Å². The average molecular weight is 496 g/mol. The van der Waals surface area contributed by atoms with Crippen LogP contribution in [0.25, 0.3) is 10.2 Å². The lowest BCUT2D eigenvalue weighted by molar-refractivity contribution is 0.102. The molecule has 158 valence electrons. The molecule has 2 N–H and O–H groups in total. The highest BCUT2D eigenvalue weighted by atomic mass is 35.5. The summed E-state index contributed by atoms with van der Waals surface area (Å²) in [6.45, 7) is 0. The second-order valence-corrected chi connectivity index (χ2v) is 9.78. The molecule has 0 radical (unpaired) electrons. The molecule has 6 nitrogen and oxygen atoms in total. The minimum Gasteiger partial charge on any atom is -0.298 e. The van der Waals surface area contributed by atoms with Crippen LogP contribution in [0.15, 0.2) is 65.6 Å². The van der Waals surface area contributed by atoms with E-state index in [1.165, 1.54) is 12.1 Å². The second-order valence-electron chi connectivity index (χ2n) is 6.29. The molecule has 0 unspecified atom stereocenters. The summed E-state index contributed by atoms with van der Waals surface area (Å²) in [4.78, 5) is 17.0. The number of nitrogens with one attached hydrogen (secondary N) is 2. The minimum absolute atomic E-state index is 0.0569. The summed E-state index contributed by atoms with van der Waals surface area (Å²) in [5, 5.41) is 3.74. The summed E-state index contributed by atoms with van der Waals surface area (Å²) in [5.74, 6) is -1.14. The Balaban J connectivity index is 1.62. The molecular formula is C20H12Cl2FN3O3S2. The third-order valence-corrected chi connectivity index (χ3v) is 7.32. The van der Waals surface area contributed by atoms with Crippen molar-refractivity contribution in [1.29, 1.82) is 0 Å². The molecule has 4 aromatic rings. The summed E-state index contributed by atoms with van der Waals surface area (Å²) >= 11 is 13.4. The second kappa shape index (κ2) is 8.43. The fraction of sp³-hybridized carbons (Fsp3) is 0. The number of benzene rings is 3. The Labute approximate surface area is 190 Å². The first-order valence-corrected chi connectivity index (χ1v) is 11.7. The Morgan fingerprint density at radius 2 is 1.65 bits per heavy atom. The molecule has 1 amide bonds. The van der Waals surface area contributed by atoms with Gasteiger partial charge in [-0.05, 0) is 48.5 Å². The zero-order chi connectivity index (χ0) is 22.2. The van der Waals surface area contributed by atoms with E-state index in [0.29, 0.717) is 20.3 Å². The summed E-state index contributed by atoms with van der Waals surface area (Å²) in [6, 6.07) is 13.7. The van der Waals surface area contributed by atoms with Gasteiger partial charge in [-0.2, -0.15) is 0 Å². The van der Waals surface area contributed by atoms with E-state index in [0.717, 1.165) is 35.6 Å². The van der Waals surface area contributed by atoms with Crippen molar-refractivity contribution in [3.8, 4) is 0 Å². The van der Waals surface area contributed by atoms with Gasteiger partial charge in [-0.25, -0.2) is 17.8 Å². The Kier molecular flexibility index (Phi) is 5.85. The van der Waals surface area contributed by atoms with Gasteiger partial charge in [0.2, 0.25) is 0 Å². The van der Waals surface area contributed by atoms with Crippen LogP contribution in [-0.2, 0) is 10.0 Å². The van der Waals surface area contributed by atoms with Crippen LogP contribution >= 0.6 is 34.5 Å². The molecule has 0 aliphatic heterocycles. The van der Waals surface area contributed by atoms with Gasteiger partial charge in [-0.1, -0.05) is 46.7 Å². The van der Waals surface area contributed by atoms with Crippen LogP contribution in [0, 0.1) is 5.82 Å². The topological polar surface area (TPSA) is 88.2 Å². The maximum Gasteiger partial charge on any atom is 0.261 e. The Morgan fingerprint density at radius 1 is 0.968 bits per heavy atom. The summed E-state index contributed by atoms with van der Waals surface area (Å²) in [7, 11) is -4.04. The fourth-order valence-corrected chi connectivity index (χ4v) is 5.25. The molecule has 1 heterocycles. The number of sulfonamides is 1. The molecule has 0 aliphatic rings. The number of carbonyl (C=O) groups is 1. The number of hydrogen-bond acceptors (Lipinski definition) is 5. The highest BCUT2D eigenvalue weighted by Crippen LogP contribution is 2.36. The Morgan fingerprint density at radius 3 is 2.35 bits per heavy atom. The number of thiazole rings is 1. The molecule has 0 fully saturated rings. The first kappa shape index (κ1) is 21.5. The largest absolute Gasteiger partial charge is 0.298 e. The molecule has 3 aromatic carbocycles. The monoisotopic (exact) mass is 495 g/mol. The summed E-state index contributed by atoms with van der Waals surface area (Å²) in [6.07, 6.45) is 0. The first-order valence-electron chi connectivity index (χ1n) is 8.68. The zero-order valence-corrected chi connectivity index (χ0v) is 18.5. The number of halogens is 3. The molecule has 0 saturated heterocycles. The van der Waals surface area contributed by atoms with E-state index in [4.69, 9.17) is 23.2 Å². The van der Waals surface area contributed by atoms with Crippen LogP contribution in [0.3, 0.4) is 0 Å². The predicted molar refractivity (Wildman–Crippen MR) is 121 cm³/mol. The standard InChI is InChI=1S/C20H12Cl2FN3O3S2/c21-14-9-10-15(22)18-17(14)24-20(30-18)25-19(27)13-3-1-2-4-16(13)26-31(28,29)12-7-5-11(23)6-8-12/h1-10,26H,(H,24,25,27). The van der Waals surface area contributed by atoms with Gasteiger partial charge in [0.1, 0.15) is 11.3 Å². The molecule has 11 heteroatoms. The van der Waals surface area contributed by atoms with Gasteiger partial charge in [0.25, 0.3) is 15.9 Å². The zero-order valence-electron chi connectivity index (χ0n) is 15.4. The number of aromatic nitrogens is 1. The van der Waals surface area contributed by atoms with Crippen LogP contribution in [0.1, 0.15) is 10.4 Å². The molecule has 1 aromatic heterocycles. The van der Waals surface area contributed by atoms with Crippen LogP contribution in [0.5, 0.6) is 0 Å². The lowest BCUT2D eigenvalue weighted by Gasteiger charge is -2.12. The van der Waals surface area contributed by atoms with Crippen LogP contribution in [-0.4, -0.2) is 19.3 Å². The van der Waals surface area contributed by atoms with Gasteiger partial charge in [0.05, 0.1) is 30.9 Å². The molecule has 4 rings (SSSR count). The Bertz CT molecular complexity index is 1370. The van der Waals surface area contributed by atoms with Gasteiger partial charge in [-0.15, -0.1) is 0 Å². The highest BCUT2D eigenvalue weighted by Gasteiger charge is 2.20. The fourth-order valence-electron chi connectivity index (χ4n) is 2.75. The van der Waals surface area contributed by atoms with Crippen LogP contribution in [0.2, 0.25) is 10.0 Å². The van der Waals surface area contributed by atoms with Gasteiger partial charge >= 0.3 is 0 Å².